The number of carbonyl (C=O) groups excluding carboxylic acids is 1. The van der Waals surface area contributed by atoms with Gasteiger partial charge in [-0.15, -0.1) is 6.58 Å². The number of amides is 1. The van der Waals surface area contributed by atoms with Gasteiger partial charge in [-0.05, 0) is 85.6 Å². The van der Waals surface area contributed by atoms with E-state index in [4.69, 9.17) is 33.7 Å². The van der Waals surface area contributed by atoms with Crippen LogP contribution in [-0.2, 0) is 19.0 Å². The SMILES string of the molecule is C=CCOC12Oc3ccc(Oc4cccc([N+](=O)[O-])c4)cc3C3C(CCCCO)C(CCCCO)C=C(C(=NOC4CCCCO4)CC1N(C)C(=O)OCC(C)(C)C)C32. The summed E-state index contributed by atoms with van der Waals surface area (Å²) in [6, 6.07) is 10.9. The number of non-ortho nitro benzene ring substituents is 1. The number of nitrogens with zero attached hydrogens (tertiary/aromatic N) is 3. The van der Waals surface area contributed by atoms with E-state index in [1.54, 1.807) is 36.2 Å². The number of nitro benzene ring substituents is 1. The van der Waals surface area contributed by atoms with E-state index in [0.717, 1.165) is 49.7 Å². The lowest BCUT2D eigenvalue weighted by Crippen LogP contribution is -2.69. The smallest absolute Gasteiger partial charge is 0.410 e. The number of allylic oxidation sites excluding steroid dienone is 1. The summed E-state index contributed by atoms with van der Waals surface area (Å²) in [6.45, 7) is 11.0. The number of fused-ring (bicyclic) bond motifs is 2. The fourth-order valence-corrected chi connectivity index (χ4v) is 9.01. The molecule has 2 aromatic carbocycles. The first-order chi connectivity index (χ1) is 28.4. The number of carbonyl (C=O) groups is 1. The van der Waals surface area contributed by atoms with E-state index in [9.17, 15) is 25.1 Å². The number of aliphatic hydroxyl groups is 2. The van der Waals surface area contributed by atoms with E-state index in [0.29, 0.717) is 48.8 Å². The molecular weight excluding hydrogens is 759 g/mol. The predicted molar refractivity (Wildman–Crippen MR) is 221 cm³/mol. The van der Waals surface area contributed by atoms with E-state index in [1.807, 2.05) is 32.9 Å². The summed E-state index contributed by atoms with van der Waals surface area (Å²) in [5.41, 5.74) is 2.05. The highest BCUT2D eigenvalue weighted by Crippen LogP contribution is 2.62. The fraction of sp³-hybridized carbons (Fsp3) is 0.600. The Bertz CT molecular complexity index is 1840. The molecule has 2 heterocycles. The normalized spacial score (nSPS) is 26.7. The van der Waals surface area contributed by atoms with Gasteiger partial charge in [0.25, 0.3) is 5.69 Å². The third-order valence-electron chi connectivity index (χ3n) is 11.7. The van der Waals surface area contributed by atoms with E-state index in [1.165, 1.54) is 12.1 Å². The van der Waals surface area contributed by atoms with Crippen molar-refractivity contribution in [2.75, 3.05) is 40.1 Å². The minimum absolute atomic E-state index is 0.00263. The quantitative estimate of drug-likeness (QED) is 0.0638. The van der Waals surface area contributed by atoms with Crippen LogP contribution >= 0.6 is 0 Å². The zero-order chi connectivity index (χ0) is 42.2. The number of unbranched alkanes of at least 4 members (excludes halogenated alkanes) is 2. The van der Waals surface area contributed by atoms with E-state index >= 15 is 0 Å². The highest BCUT2D eigenvalue weighted by molar-refractivity contribution is 6.03. The van der Waals surface area contributed by atoms with Gasteiger partial charge in [0.1, 0.15) is 23.3 Å². The molecule has 2 N–H and O–H groups in total. The van der Waals surface area contributed by atoms with Crippen LogP contribution in [0.4, 0.5) is 10.5 Å². The van der Waals surface area contributed by atoms with Crippen LogP contribution in [0.1, 0.15) is 96.5 Å². The lowest BCUT2D eigenvalue weighted by molar-refractivity contribution is -0.384. The Morgan fingerprint density at radius 2 is 1.85 bits per heavy atom. The van der Waals surface area contributed by atoms with Crippen LogP contribution in [0, 0.1) is 33.3 Å². The maximum Gasteiger partial charge on any atom is 0.410 e. The number of likely N-dealkylation sites (N-methyl/N-ethyl adjacent to an activating group) is 1. The van der Waals surface area contributed by atoms with Crippen molar-refractivity contribution >= 4 is 17.5 Å². The minimum atomic E-state index is -1.44. The second kappa shape index (κ2) is 19.7. The number of hydrogen-bond acceptors (Lipinski definition) is 12. The van der Waals surface area contributed by atoms with Crippen molar-refractivity contribution in [3.05, 3.63) is 82.4 Å². The Morgan fingerprint density at radius 1 is 1.08 bits per heavy atom. The maximum absolute atomic E-state index is 14.1. The predicted octanol–water partition coefficient (Wildman–Crippen LogP) is 8.66. The van der Waals surface area contributed by atoms with E-state index in [2.05, 4.69) is 12.7 Å². The van der Waals surface area contributed by atoms with Crippen molar-refractivity contribution in [3.63, 3.8) is 0 Å². The molecule has 14 nitrogen and oxygen atoms in total. The molecule has 2 aromatic rings. The topological polar surface area (TPSA) is 172 Å². The summed E-state index contributed by atoms with van der Waals surface area (Å²) in [7, 11) is 1.70. The molecule has 1 saturated carbocycles. The summed E-state index contributed by atoms with van der Waals surface area (Å²) >= 11 is 0. The van der Waals surface area contributed by atoms with Crippen LogP contribution in [0.2, 0.25) is 0 Å². The first kappa shape index (κ1) is 44.1. The van der Waals surface area contributed by atoms with Gasteiger partial charge in [-0.1, -0.05) is 57.0 Å². The van der Waals surface area contributed by atoms with Gasteiger partial charge >= 0.3 is 6.09 Å². The number of aliphatic hydroxyl groups excluding tert-OH is 2. The van der Waals surface area contributed by atoms with E-state index in [-0.39, 0.29) is 61.7 Å². The van der Waals surface area contributed by atoms with Crippen molar-refractivity contribution in [1.82, 2.24) is 4.90 Å². The summed E-state index contributed by atoms with van der Waals surface area (Å²) in [5, 5.41) is 36.2. The van der Waals surface area contributed by atoms with Gasteiger partial charge in [0.15, 0.2) is 0 Å². The van der Waals surface area contributed by atoms with Gasteiger partial charge in [0, 0.05) is 50.7 Å². The monoisotopic (exact) mass is 819 g/mol. The second-order valence-electron chi connectivity index (χ2n) is 17.3. The number of nitro groups is 1. The largest absolute Gasteiger partial charge is 0.459 e. The van der Waals surface area contributed by atoms with Crippen LogP contribution in [0.15, 0.2) is 71.9 Å². The number of oxime groups is 1. The number of benzene rings is 2. The summed E-state index contributed by atoms with van der Waals surface area (Å²) in [4.78, 5) is 33.0. The average molecular weight is 820 g/mol. The highest BCUT2D eigenvalue weighted by Gasteiger charge is 2.65. The molecule has 2 fully saturated rings. The van der Waals surface area contributed by atoms with Gasteiger partial charge in [-0.3, -0.25) is 10.1 Å². The molecule has 59 heavy (non-hydrogen) atoms. The lowest BCUT2D eigenvalue weighted by atomic mass is 9.55. The van der Waals surface area contributed by atoms with E-state index < -0.39 is 35.1 Å². The molecule has 2 aliphatic heterocycles. The maximum atomic E-state index is 14.1. The van der Waals surface area contributed by atoms with Crippen molar-refractivity contribution < 1.29 is 48.5 Å². The van der Waals surface area contributed by atoms with Crippen molar-refractivity contribution in [3.8, 4) is 17.2 Å². The number of ether oxygens (including phenoxy) is 5. The molecule has 1 amide bonds. The van der Waals surface area contributed by atoms with Crippen LogP contribution < -0.4 is 9.47 Å². The Hall–Kier alpha value is -4.50. The van der Waals surface area contributed by atoms with Gasteiger partial charge in [0.2, 0.25) is 12.1 Å². The molecule has 14 heteroatoms. The van der Waals surface area contributed by atoms with Gasteiger partial charge in [0.05, 0.1) is 42.4 Å². The third kappa shape index (κ3) is 10.3. The molecule has 2 aliphatic carbocycles. The Labute approximate surface area is 347 Å². The molecular formula is C45H61N3O11. The summed E-state index contributed by atoms with van der Waals surface area (Å²) in [5.74, 6) is -0.888. The zero-order valence-electron chi connectivity index (χ0n) is 34.9. The fourth-order valence-electron chi connectivity index (χ4n) is 9.01. The van der Waals surface area contributed by atoms with Crippen molar-refractivity contribution in [2.45, 2.75) is 109 Å². The second-order valence-corrected chi connectivity index (χ2v) is 17.3. The minimum Gasteiger partial charge on any atom is -0.459 e. The molecule has 7 atom stereocenters. The van der Waals surface area contributed by atoms with Crippen LogP contribution in [0.5, 0.6) is 17.2 Å². The Balaban J connectivity index is 1.55. The van der Waals surface area contributed by atoms with Crippen molar-refractivity contribution in [1.29, 1.82) is 0 Å². The van der Waals surface area contributed by atoms with Gasteiger partial charge in [-0.25, -0.2) is 4.79 Å². The molecule has 0 spiro atoms. The molecule has 4 aliphatic rings. The van der Waals surface area contributed by atoms with Crippen LogP contribution in [0.25, 0.3) is 0 Å². The first-order valence-corrected chi connectivity index (χ1v) is 21.1. The van der Waals surface area contributed by atoms with Gasteiger partial charge < -0.3 is 43.6 Å². The van der Waals surface area contributed by atoms with Gasteiger partial charge in [-0.2, -0.15) is 0 Å². The highest BCUT2D eigenvalue weighted by atomic mass is 16.8. The molecule has 0 bridgehead atoms. The number of rotatable bonds is 18. The van der Waals surface area contributed by atoms with Crippen molar-refractivity contribution in [2.24, 2.45) is 28.3 Å². The van der Waals surface area contributed by atoms with Crippen LogP contribution in [0.3, 0.4) is 0 Å². The first-order valence-electron chi connectivity index (χ1n) is 21.1. The van der Waals surface area contributed by atoms with Crippen LogP contribution in [-0.4, -0.2) is 90.0 Å². The lowest BCUT2D eigenvalue weighted by Gasteiger charge is -2.59. The Kier molecular flexibility index (Phi) is 14.7. The number of hydrogen-bond donors (Lipinski definition) is 2. The zero-order valence-corrected chi connectivity index (χ0v) is 34.9. The third-order valence-corrected chi connectivity index (χ3v) is 11.7. The molecule has 322 valence electrons. The summed E-state index contributed by atoms with van der Waals surface area (Å²) in [6.07, 6.45) is 10.1. The molecule has 7 unspecified atom stereocenters. The molecule has 6 rings (SSSR count). The Morgan fingerprint density at radius 3 is 2.54 bits per heavy atom. The molecule has 0 radical (unpaired) electrons. The summed E-state index contributed by atoms with van der Waals surface area (Å²) < 4.78 is 32.3. The molecule has 1 saturated heterocycles. The molecule has 0 aromatic heterocycles. The standard InChI is InChI=1S/C45H61N3O11/c1-6-23-56-45-39(47(5)43(51)55-29-44(2,3)4)28-37(46-59-40-18-9-12-24-54-40)35-25-30(14-7-10-21-49)34(17-8-11-22-50)41(42(35)45)36-27-33(19-20-38(36)58-45)57-32-16-13-15-31(26-32)48(52)53/h6,13,15-16,19-20,25-27,30,34,39-42,49-50H,1,7-12,14,17-18,21-24,28-29H2,2-5H3. The average Bonchev–Trinajstić information content (AvgIpc) is 3.22.